The summed E-state index contributed by atoms with van der Waals surface area (Å²) in [6, 6.07) is 14.1. The van der Waals surface area contributed by atoms with Crippen molar-refractivity contribution in [2.45, 2.75) is 27.7 Å². The highest BCUT2D eigenvalue weighted by Gasteiger charge is 2.25. The Morgan fingerprint density at radius 3 is 2.18 bits per heavy atom. The molecule has 5 nitrogen and oxygen atoms in total. The average Bonchev–Trinajstić information content (AvgIpc) is 2.69. The normalized spacial score (nSPS) is 14.1. The summed E-state index contributed by atoms with van der Waals surface area (Å²) in [4.78, 5) is 30.7. The van der Waals surface area contributed by atoms with Gasteiger partial charge in [-0.3, -0.25) is 9.59 Å². The topological polar surface area (TPSA) is 43.9 Å². The lowest BCUT2D eigenvalue weighted by Crippen LogP contribution is -2.52. The molecule has 28 heavy (non-hydrogen) atoms. The molecule has 1 saturated heterocycles. The van der Waals surface area contributed by atoms with Crippen molar-refractivity contribution in [3.05, 3.63) is 59.2 Å². The van der Waals surface area contributed by atoms with Crippen LogP contribution >= 0.6 is 0 Å². The Morgan fingerprint density at radius 2 is 1.57 bits per heavy atom. The molecule has 0 atom stereocenters. The molecule has 0 unspecified atom stereocenters. The number of carbonyl (C=O) groups is 2. The van der Waals surface area contributed by atoms with Gasteiger partial charge in [-0.1, -0.05) is 29.8 Å². The van der Waals surface area contributed by atoms with Crippen LogP contribution in [0.5, 0.6) is 0 Å². The van der Waals surface area contributed by atoms with Gasteiger partial charge in [-0.2, -0.15) is 0 Å². The number of aryl methyl sites for hydroxylation is 2. The molecule has 1 aliphatic heterocycles. The zero-order valence-corrected chi connectivity index (χ0v) is 17.2. The largest absolute Gasteiger partial charge is 0.368 e. The van der Waals surface area contributed by atoms with Crippen LogP contribution in [-0.2, 0) is 9.59 Å². The number of hydrogen-bond acceptors (Lipinski definition) is 3. The number of rotatable bonds is 4. The quantitative estimate of drug-likeness (QED) is 0.819. The maximum absolute atomic E-state index is 12.8. The Hall–Kier alpha value is -2.82. The second-order valence-corrected chi connectivity index (χ2v) is 7.53. The second kappa shape index (κ2) is 8.46. The van der Waals surface area contributed by atoms with Crippen LogP contribution in [0.15, 0.2) is 42.5 Å². The Morgan fingerprint density at radius 1 is 0.929 bits per heavy atom. The predicted octanol–water partition coefficient (Wildman–Crippen LogP) is 3.31. The number of hydrogen-bond donors (Lipinski definition) is 0. The van der Waals surface area contributed by atoms with E-state index in [1.54, 1.807) is 4.90 Å². The Balaban J connectivity index is 1.63. The molecule has 1 aliphatic rings. The van der Waals surface area contributed by atoms with Crippen LogP contribution in [-0.4, -0.2) is 49.4 Å². The summed E-state index contributed by atoms with van der Waals surface area (Å²) in [5.74, 6) is -0.123. The first kappa shape index (κ1) is 19.9. The van der Waals surface area contributed by atoms with E-state index < -0.39 is 0 Å². The van der Waals surface area contributed by atoms with E-state index in [1.165, 1.54) is 23.7 Å². The monoisotopic (exact) mass is 379 g/mol. The summed E-state index contributed by atoms with van der Waals surface area (Å²) in [5.41, 5.74) is 5.72. The fraction of sp³-hybridized carbons (Fsp3) is 0.391. The summed E-state index contributed by atoms with van der Waals surface area (Å²) in [6.07, 6.45) is 0. The van der Waals surface area contributed by atoms with Crippen molar-refractivity contribution in [2.24, 2.45) is 0 Å². The Labute approximate surface area is 167 Å². The van der Waals surface area contributed by atoms with Crippen molar-refractivity contribution in [1.82, 2.24) is 4.90 Å². The molecular formula is C23H29N3O2. The maximum atomic E-state index is 12.8. The van der Waals surface area contributed by atoms with E-state index in [9.17, 15) is 9.59 Å². The standard InChI is InChI=1S/C23H29N3O2/c1-17-8-10-21(11-9-17)26(20(4)27)16-23(28)25-14-12-24(13-15-25)22-7-5-6-18(2)19(22)3/h5-11H,12-16H2,1-4H3. The Kier molecular flexibility index (Phi) is 6.02. The van der Waals surface area contributed by atoms with Gasteiger partial charge in [0.2, 0.25) is 11.8 Å². The molecule has 1 fully saturated rings. The number of carbonyl (C=O) groups excluding carboxylic acids is 2. The fourth-order valence-electron chi connectivity index (χ4n) is 3.62. The van der Waals surface area contributed by atoms with Gasteiger partial charge in [0.05, 0.1) is 0 Å². The summed E-state index contributed by atoms with van der Waals surface area (Å²) in [5, 5.41) is 0. The number of nitrogens with zero attached hydrogens (tertiary/aromatic N) is 3. The van der Waals surface area contributed by atoms with Crippen molar-refractivity contribution in [2.75, 3.05) is 42.5 Å². The predicted molar refractivity (Wildman–Crippen MR) is 114 cm³/mol. The molecule has 148 valence electrons. The van der Waals surface area contributed by atoms with Gasteiger partial charge in [-0.25, -0.2) is 0 Å². The molecule has 2 amide bonds. The van der Waals surface area contributed by atoms with E-state index in [4.69, 9.17) is 0 Å². The van der Waals surface area contributed by atoms with Crippen molar-refractivity contribution >= 4 is 23.2 Å². The van der Waals surface area contributed by atoms with E-state index in [1.807, 2.05) is 36.1 Å². The van der Waals surface area contributed by atoms with E-state index in [2.05, 4.69) is 36.9 Å². The van der Waals surface area contributed by atoms with Crippen LogP contribution in [0.1, 0.15) is 23.6 Å². The van der Waals surface area contributed by atoms with Gasteiger partial charge >= 0.3 is 0 Å². The smallest absolute Gasteiger partial charge is 0.242 e. The zero-order valence-electron chi connectivity index (χ0n) is 17.2. The van der Waals surface area contributed by atoms with Gasteiger partial charge in [-0.15, -0.1) is 0 Å². The molecule has 2 aromatic rings. The van der Waals surface area contributed by atoms with Crippen LogP contribution in [0.3, 0.4) is 0 Å². The molecule has 0 N–H and O–H groups in total. The summed E-state index contributed by atoms with van der Waals surface area (Å²) in [6.45, 7) is 10.8. The average molecular weight is 380 g/mol. The van der Waals surface area contributed by atoms with Gasteiger partial charge in [0, 0.05) is 44.5 Å². The molecule has 1 heterocycles. The van der Waals surface area contributed by atoms with Crippen molar-refractivity contribution in [3.8, 4) is 0 Å². The van der Waals surface area contributed by atoms with Crippen LogP contribution in [0.4, 0.5) is 11.4 Å². The molecule has 3 rings (SSSR count). The third-order valence-corrected chi connectivity index (χ3v) is 5.57. The Bertz CT molecular complexity index is 853. The molecule has 2 aromatic carbocycles. The molecule has 0 bridgehead atoms. The summed E-state index contributed by atoms with van der Waals surface area (Å²) >= 11 is 0. The lowest BCUT2D eigenvalue weighted by Gasteiger charge is -2.37. The summed E-state index contributed by atoms with van der Waals surface area (Å²) in [7, 11) is 0. The van der Waals surface area contributed by atoms with Crippen molar-refractivity contribution in [1.29, 1.82) is 0 Å². The van der Waals surface area contributed by atoms with E-state index in [-0.39, 0.29) is 18.4 Å². The van der Waals surface area contributed by atoms with Gasteiger partial charge in [-0.05, 0) is 50.1 Å². The van der Waals surface area contributed by atoms with Gasteiger partial charge in [0.1, 0.15) is 6.54 Å². The molecule has 0 radical (unpaired) electrons. The molecular weight excluding hydrogens is 350 g/mol. The van der Waals surface area contributed by atoms with Crippen LogP contribution < -0.4 is 9.80 Å². The highest BCUT2D eigenvalue weighted by atomic mass is 16.2. The van der Waals surface area contributed by atoms with Crippen molar-refractivity contribution in [3.63, 3.8) is 0 Å². The highest BCUT2D eigenvalue weighted by molar-refractivity contribution is 5.97. The molecule has 0 spiro atoms. The number of amides is 2. The van der Waals surface area contributed by atoms with Gasteiger partial charge in [0.15, 0.2) is 0 Å². The minimum atomic E-state index is -0.119. The zero-order chi connectivity index (χ0) is 20.3. The molecule has 0 aliphatic carbocycles. The van der Waals surface area contributed by atoms with Gasteiger partial charge < -0.3 is 14.7 Å². The fourth-order valence-corrected chi connectivity index (χ4v) is 3.62. The minimum absolute atomic E-state index is 0.00334. The van der Waals surface area contributed by atoms with E-state index in [0.717, 1.165) is 24.3 Å². The lowest BCUT2D eigenvalue weighted by molar-refractivity contribution is -0.131. The van der Waals surface area contributed by atoms with Crippen LogP contribution in [0.2, 0.25) is 0 Å². The maximum Gasteiger partial charge on any atom is 0.242 e. The molecule has 5 heteroatoms. The SMILES string of the molecule is CC(=O)N(CC(=O)N1CCN(c2cccc(C)c2C)CC1)c1ccc(C)cc1. The third kappa shape index (κ3) is 4.35. The third-order valence-electron chi connectivity index (χ3n) is 5.57. The van der Waals surface area contributed by atoms with Gasteiger partial charge in [0.25, 0.3) is 0 Å². The molecule has 0 aromatic heterocycles. The first-order valence-electron chi connectivity index (χ1n) is 9.80. The minimum Gasteiger partial charge on any atom is -0.368 e. The van der Waals surface area contributed by atoms with E-state index in [0.29, 0.717) is 13.1 Å². The van der Waals surface area contributed by atoms with Crippen LogP contribution in [0.25, 0.3) is 0 Å². The first-order valence-corrected chi connectivity index (χ1v) is 9.80. The van der Waals surface area contributed by atoms with E-state index >= 15 is 0 Å². The first-order chi connectivity index (χ1) is 13.4. The number of anilines is 2. The highest BCUT2D eigenvalue weighted by Crippen LogP contribution is 2.24. The second-order valence-electron chi connectivity index (χ2n) is 7.53. The molecule has 0 saturated carbocycles. The number of piperazine rings is 1. The van der Waals surface area contributed by atoms with Crippen LogP contribution in [0, 0.1) is 20.8 Å². The lowest BCUT2D eigenvalue weighted by atomic mass is 10.1. The summed E-state index contributed by atoms with van der Waals surface area (Å²) < 4.78 is 0. The van der Waals surface area contributed by atoms with Crippen molar-refractivity contribution < 1.29 is 9.59 Å². The number of benzene rings is 2.